The van der Waals surface area contributed by atoms with Gasteiger partial charge in [-0.3, -0.25) is 14.4 Å². The number of carbonyl (C=O) groups excluding carboxylic acids is 3. The van der Waals surface area contributed by atoms with Crippen LogP contribution in [0.3, 0.4) is 0 Å². The summed E-state index contributed by atoms with van der Waals surface area (Å²) in [7, 11) is 0. The molecule has 3 aliphatic rings. The second kappa shape index (κ2) is 11.7. The first kappa shape index (κ1) is 30.0. The highest BCUT2D eigenvalue weighted by Gasteiger charge is 2.78. The molecule has 9 nitrogen and oxygen atoms in total. The second-order valence-electron chi connectivity index (χ2n) is 12.5. The van der Waals surface area contributed by atoms with Crippen LogP contribution in [0.1, 0.15) is 53.9 Å². The van der Waals surface area contributed by atoms with Crippen LogP contribution in [0.5, 0.6) is 0 Å². The molecule has 9 heteroatoms. The molecule has 3 N–H and O–H groups in total. The summed E-state index contributed by atoms with van der Waals surface area (Å²) >= 11 is 0. The molecule has 2 aromatic carbocycles. The monoisotopic (exact) mass is 576 g/mol. The molecule has 0 saturated carbocycles. The average Bonchev–Trinajstić information content (AvgIpc) is 3.54. The molecule has 5 rings (SSSR count). The van der Waals surface area contributed by atoms with Gasteiger partial charge >= 0.3 is 0 Å². The largest absolute Gasteiger partial charge is 0.394 e. The van der Waals surface area contributed by atoms with Gasteiger partial charge in [-0.05, 0) is 82.3 Å². The third-order valence-electron chi connectivity index (χ3n) is 9.40. The number of hydrogen-bond acceptors (Lipinski definition) is 6. The lowest BCUT2D eigenvalue weighted by molar-refractivity contribution is -0.147. The van der Waals surface area contributed by atoms with Crippen LogP contribution in [0.15, 0.2) is 54.6 Å². The Balaban J connectivity index is 1.50. The van der Waals surface area contributed by atoms with E-state index in [0.717, 1.165) is 18.8 Å². The summed E-state index contributed by atoms with van der Waals surface area (Å²) in [6.45, 7) is 11.6. The van der Waals surface area contributed by atoms with E-state index < -0.39 is 35.1 Å². The van der Waals surface area contributed by atoms with Gasteiger partial charge in [-0.1, -0.05) is 32.0 Å². The van der Waals surface area contributed by atoms with Crippen molar-refractivity contribution in [3.63, 3.8) is 0 Å². The van der Waals surface area contributed by atoms with E-state index in [-0.39, 0.29) is 30.2 Å². The van der Waals surface area contributed by atoms with Gasteiger partial charge in [-0.25, -0.2) is 0 Å². The van der Waals surface area contributed by atoms with Crippen LogP contribution in [0, 0.1) is 17.8 Å². The van der Waals surface area contributed by atoms with Crippen molar-refractivity contribution in [1.29, 1.82) is 0 Å². The normalized spacial score (nSPS) is 28.6. The van der Waals surface area contributed by atoms with Gasteiger partial charge in [0.2, 0.25) is 17.7 Å². The van der Waals surface area contributed by atoms with Crippen LogP contribution in [0.25, 0.3) is 0 Å². The third kappa shape index (κ3) is 5.07. The Hall–Kier alpha value is -3.43. The minimum Gasteiger partial charge on any atom is -0.394 e. The number of anilines is 3. The molecule has 3 fully saturated rings. The van der Waals surface area contributed by atoms with Crippen molar-refractivity contribution in [1.82, 2.24) is 4.90 Å². The number of ether oxygens (including phenoxy) is 1. The van der Waals surface area contributed by atoms with Crippen molar-refractivity contribution in [2.75, 3.05) is 35.2 Å². The molecule has 0 aromatic heterocycles. The first-order valence-electron chi connectivity index (χ1n) is 15.2. The van der Waals surface area contributed by atoms with E-state index >= 15 is 0 Å². The van der Waals surface area contributed by atoms with Crippen molar-refractivity contribution in [3.05, 3.63) is 54.6 Å². The van der Waals surface area contributed by atoms with Crippen LogP contribution in [-0.4, -0.2) is 70.7 Å². The van der Waals surface area contributed by atoms with Crippen molar-refractivity contribution in [3.8, 4) is 0 Å². The molecule has 0 aliphatic carbocycles. The second-order valence-corrected chi connectivity index (χ2v) is 12.5. The van der Waals surface area contributed by atoms with Gasteiger partial charge in [0.15, 0.2) is 0 Å². The molecule has 3 aliphatic heterocycles. The van der Waals surface area contributed by atoms with Crippen molar-refractivity contribution >= 4 is 34.8 Å². The molecule has 3 saturated heterocycles. The maximum absolute atomic E-state index is 14.4. The van der Waals surface area contributed by atoms with Crippen LogP contribution in [-0.2, 0) is 19.1 Å². The summed E-state index contributed by atoms with van der Waals surface area (Å²) in [6, 6.07) is 15.3. The minimum absolute atomic E-state index is 0.177. The minimum atomic E-state index is -1.17. The fourth-order valence-electron chi connectivity index (χ4n) is 7.57. The Morgan fingerprint density at radius 1 is 1.00 bits per heavy atom. The van der Waals surface area contributed by atoms with E-state index in [1.54, 1.807) is 12.1 Å². The number of benzene rings is 2. The zero-order valence-corrected chi connectivity index (χ0v) is 25.3. The molecule has 3 heterocycles. The Labute approximate surface area is 248 Å². The molecular formula is C33H44N4O5. The summed E-state index contributed by atoms with van der Waals surface area (Å²) in [5.41, 5.74) is 0.261. The Bertz CT molecular complexity index is 1300. The third-order valence-corrected chi connectivity index (χ3v) is 9.40. The van der Waals surface area contributed by atoms with Crippen LogP contribution in [0.2, 0.25) is 0 Å². The van der Waals surface area contributed by atoms with Gasteiger partial charge in [0, 0.05) is 30.2 Å². The topological polar surface area (TPSA) is 111 Å². The van der Waals surface area contributed by atoms with E-state index in [2.05, 4.69) is 29.4 Å². The predicted octanol–water partition coefficient (Wildman–Crippen LogP) is 4.28. The van der Waals surface area contributed by atoms with Gasteiger partial charge in [0.1, 0.15) is 11.6 Å². The van der Waals surface area contributed by atoms with E-state index in [9.17, 15) is 19.5 Å². The van der Waals surface area contributed by atoms with Crippen LogP contribution in [0.4, 0.5) is 17.1 Å². The van der Waals surface area contributed by atoms with Gasteiger partial charge in [0.05, 0.1) is 30.1 Å². The molecule has 42 heavy (non-hydrogen) atoms. The fourth-order valence-corrected chi connectivity index (χ4v) is 7.57. The highest BCUT2D eigenvalue weighted by molar-refractivity contribution is 6.05. The number of fused-ring (bicyclic) bond motifs is 1. The molecule has 2 bridgehead atoms. The van der Waals surface area contributed by atoms with E-state index in [0.29, 0.717) is 30.6 Å². The molecule has 6 atom stereocenters. The SMILES string of the molecule is CCN(CC)c1ccc(NC(=O)C2N([C@@H](CO)CC(C)C)C(=O)[C@@H]3[C@@H](C(=O)Nc4ccccc4)[C@@]4(C)CCC23O4)cc1. The van der Waals surface area contributed by atoms with Crippen LogP contribution < -0.4 is 15.5 Å². The molecule has 2 unspecified atom stereocenters. The number of hydrogen-bond donors (Lipinski definition) is 3. The quantitative estimate of drug-likeness (QED) is 0.368. The number of para-hydroxylation sites is 1. The first-order chi connectivity index (χ1) is 20.1. The van der Waals surface area contributed by atoms with Gasteiger partial charge in [0.25, 0.3) is 0 Å². The number of carbonyl (C=O) groups is 3. The fraction of sp³-hybridized carbons (Fsp3) is 0.545. The molecule has 1 spiro atoms. The van der Waals surface area contributed by atoms with Crippen molar-refractivity contribution in [2.24, 2.45) is 17.8 Å². The maximum Gasteiger partial charge on any atom is 0.250 e. The molecule has 3 amide bonds. The summed E-state index contributed by atoms with van der Waals surface area (Å²) in [4.78, 5) is 46.2. The van der Waals surface area contributed by atoms with Gasteiger partial charge in [-0.2, -0.15) is 0 Å². The number of amides is 3. The number of aliphatic hydroxyl groups excluding tert-OH is 1. The highest BCUT2D eigenvalue weighted by atomic mass is 16.5. The Kier molecular flexibility index (Phi) is 8.36. The van der Waals surface area contributed by atoms with Gasteiger partial charge in [-0.15, -0.1) is 0 Å². The standard InChI is InChI=1S/C33H44N4O5/c1-6-36(7-2)24-15-13-23(14-16-24)35-30(40)28-33-18-17-32(5,42-33)26(29(39)34-22-11-9-8-10-12-22)27(33)31(41)37(28)25(20-38)19-21(3)4/h8-16,21,25-28,38H,6-7,17-20H2,1-5H3,(H,34,39)(H,35,40)/t25-,26+,27+,28?,32-,33?/m1/s1. The zero-order chi connectivity index (χ0) is 30.2. The zero-order valence-electron chi connectivity index (χ0n) is 25.3. The number of likely N-dealkylation sites (tertiary alicyclic amines) is 1. The molecule has 2 aromatic rings. The van der Waals surface area contributed by atoms with Gasteiger partial charge < -0.3 is 30.3 Å². The van der Waals surface area contributed by atoms with E-state index in [1.165, 1.54) is 4.90 Å². The van der Waals surface area contributed by atoms with Crippen molar-refractivity contribution in [2.45, 2.75) is 77.2 Å². The van der Waals surface area contributed by atoms with Crippen molar-refractivity contribution < 1.29 is 24.2 Å². The highest BCUT2D eigenvalue weighted by Crippen LogP contribution is 2.63. The summed E-state index contributed by atoms with van der Waals surface area (Å²) in [5.74, 6) is -2.38. The Morgan fingerprint density at radius 3 is 2.21 bits per heavy atom. The van der Waals surface area contributed by atoms with E-state index in [1.807, 2.05) is 63.2 Å². The summed E-state index contributed by atoms with van der Waals surface area (Å²) in [6.07, 6.45) is 1.55. The van der Waals surface area contributed by atoms with Crippen LogP contribution >= 0.6 is 0 Å². The van der Waals surface area contributed by atoms with E-state index in [4.69, 9.17) is 4.74 Å². The Morgan fingerprint density at radius 2 is 1.62 bits per heavy atom. The lowest BCUT2D eigenvalue weighted by atomic mass is 9.66. The molecule has 226 valence electrons. The number of rotatable bonds is 11. The summed E-state index contributed by atoms with van der Waals surface area (Å²) in [5, 5.41) is 16.5. The predicted molar refractivity (Wildman–Crippen MR) is 163 cm³/mol. The lowest BCUT2D eigenvalue weighted by Crippen LogP contribution is -2.56. The average molecular weight is 577 g/mol. The first-order valence-corrected chi connectivity index (χ1v) is 15.2. The molecular weight excluding hydrogens is 532 g/mol. The number of aliphatic hydroxyl groups is 1. The lowest BCUT2D eigenvalue weighted by Gasteiger charge is -2.37. The maximum atomic E-state index is 14.4. The number of nitrogens with zero attached hydrogens (tertiary/aromatic N) is 2. The summed E-state index contributed by atoms with van der Waals surface area (Å²) < 4.78 is 6.72. The smallest absolute Gasteiger partial charge is 0.250 e. The number of nitrogens with one attached hydrogen (secondary N) is 2. The molecule has 0 radical (unpaired) electrons.